The molecule has 0 aromatic heterocycles. The van der Waals surface area contributed by atoms with Crippen LogP contribution in [0.25, 0.3) is 0 Å². The van der Waals surface area contributed by atoms with Crippen molar-refractivity contribution in [1.29, 1.82) is 5.26 Å². The van der Waals surface area contributed by atoms with Gasteiger partial charge in [0.05, 0.1) is 6.07 Å². The summed E-state index contributed by atoms with van der Waals surface area (Å²) in [6.45, 7) is 5.17. The highest BCUT2D eigenvalue weighted by molar-refractivity contribution is 5.74. The Hall–Kier alpha value is -1.24. The average Bonchev–Trinajstić information content (AvgIpc) is 2.11. The molecule has 0 radical (unpaired) electrons. The van der Waals surface area contributed by atoms with Crippen molar-refractivity contribution in [2.24, 2.45) is 0 Å². The van der Waals surface area contributed by atoms with E-state index in [2.05, 4.69) is 0 Å². The quantitative estimate of drug-likeness (QED) is 0.589. The number of nitrogens with zero attached hydrogens (tertiary/aromatic N) is 3. The van der Waals surface area contributed by atoms with E-state index in [4.69, 9.17) is 5.26 Å². The Morgan fingerprint density at radius 2 is 2.00 bits per heavy atom. The summed E-state index contributed by atoms with van der Waals surface area (Å²) in [7, 11) is 1.72. The van der Waals surface area contributed by atoms with Crippen LogP contribution in [0.4, 0.5) is 4.79 Å². The minimum Gasteiger partial charge on any atom is -0.328 e. The summed E-state index contributed by atoms with van der Waals surface area (Å²) in [5.74, 6) is 0. The van der Waals surface area contributed by atoms with Gasteiger partial charge < -0.3 is 9.80 Å². The first-order valence-electron chi connectivity index (χ1n) is 4.04. The van der Waals surface area contributed by atoms with Crippen LogP contribution in [0.2, 0.25) is 0 Å². The van der Waals surface area contributed by atoms with E-state index in [0.29, 0.717) is 13.1 Å². The second-order valence-corrected chi connectivity index (χ2v) is 2.47. The Morgan fingerprint density at radius 1 is 1.42 bits per heavy atom. The van der Waals surface area contributed by atoms with Crippen molar-refractivity contribution < 1.29 is 4.79 Å². The van der Waals surface area contributed by atoms with Crippen LogP contribution in [-0.2, 0) is 0 Å². The highest BCUT2D eigenvalue weighted by Gasteiger charge is 2.13. The standard InChI is InChI=1S/C8H15N3O/c1-4-10(3)8(12)11(5-2)7-6-9/h4-5,7H2,1-3H3. The van der Waals surface area contributed by atoms with Crippen LogP contribution in [0.3, 0.4) is 0 Å². The lowest BCUT2D eigenvalue weighted by Gasteiger charge is -2.23. The van der Waals surface area contributed by atoms with Gasteiger partial charge in [0, 0.05) is 20.1 Å². The number of carbonyl (C=O) groups is 1. The second kappa shape index (κ2) is 5.42. The fraction of sp³-hybridized carbons (Fsp3) is 0.750. The second-order valence-electron chi connectivity index (χ2n) is 2.47. The zero-order valence-electron chi connectivity index (χ0n) is 7.87. The summed E-state index contributed by atoms with van der Waals surface area (Å²) < 4.78 is 0. The molecule has 0 heterocycles. The normalized spacial score (nSPS) is 8.83. The zero-order valence-corrected chi connectivity index (χ0v) is 7.87. The number of nitriles is 1. The number of urea groups is 1. The number of amides is 2. The summed E-state index contributed by atoms with van der Waals surface area (Å²) >= 11 is 0. The first-order chi connectivity index (χ1) is 5.67. The van der Waals surface area contributed by atoms with Gasteiger partial charge in [0.1, 0.15) is 6.54 Å². The van der Waals surface area contributed by atoms with Crippen LogP contribution < -0.4 is 0 Å². The highest BCUT2D eigenvalue weighted by Crippen LogP contribution is 1.94. The molecule has 0 aliphatic rings. The zero-order chi connectivity index (χ0) is 9.56. The SMILES string of the molecule is CCN(C)C(=O)N(CC)CC#N. The van der Waals surface area contributed by atoms with Crippen LogP contribution in [-0.4, -0.2) is 42.5 Å². The predicted molar refractivity (Wildman–Crippen MR) is 46.6 cm³/mol. The minimum atomic E-state index is -0.0819. The van der Waals surface area contributed by atoms with Crippen LogP contribution in [0.5, 0.6) is 0 Å². The summed E-state index contributed by atoms with van der Waals surface area (Å²) in [6.07, 6.45) is 0. The van der Waals surface area contributed by atoms with Gasteiger partial charge >= 0.3 is 6.03 Å². The van der Waals surface area contributed by atoms with Gasteiger partial charge in [-0.05, 0) is 13.8 Å². The molecule has 0 aromatic rings. The molecule has 0 atom stereocenters. The van der Waals surface area contributed by atoms with Crippen molar-refractivity contribution in [1.82, 2.24) is 9.80 Å². The molecule has 12 heavy (non-hydrogen) atoms. The lowest BCUT2D eigenvalue weighted by Crippen LogP contribution is -2.41. The smallest absolute Gasteiger partial charge is 0.320 e. The van der Waals surface area contributed by atoms with Crippen LogP contribution in [0, 0.1) is 11.3 Å². The number of rotatable bonds is 3. The third-order valence-corrected chi connectivity index (χ3v) is 1.71. The molecular formula is C8H15N3O. The lowest BCUT2D eigenvalue weighted by molar-refractivity contribution is 0.173. The first kappa shape index (κ1) is 10.8. The number of carbonyl (C=O) groups excluding carboxylic acids is 1. The first-order valence-corrected chi connectivity index (χ1v) is 4.04. The number of hydrogen-bond acceptors (Lipinski definition) is 2. The van der Waals surface area contributed by atoms with Crippen LogP contribution >= 0.6 is 0 Å². The molecule has 0 spiro atoms. The van der Waals surface area contributed by atoms with Crippen molar-refractivity contribution in [3.8, 4) is 6.07 Å². The molecule has 2 amide bonds. The Balaban J connectivity index is 4.13. The maximum absolute atomic E-state index is 11.4. The summed E-state index contributed by atoms with van der Waals surface area (Å²) in [5, 5.41) is 8.41. The molecule has 0 rings (SSSR count). The van der Waals surface area contributed by atoms with Crippen LogP contribution in [0.1, 0.15) is 13.8 Å². The topological polar surface area (TPSA) is 47.3 Å². The van der Waals surface area contributed by atoms with Gasteiger partial charge in [0.25, 0.3) is 0 Å². The molecule has 0 N–H and O–H groups in total. The molecule has 0 saturated heterocycles. The van der Waals surface area contributed by atoms with Gasteiger partial charge in [0.15, 0.2) is 0 Å². The van der Waals surface area contributed by atoms with Gasteiger partial charge in [-0.1, -0.05) is 0 Å². The Bertz CT molecular complexity index is 185. The maximum Gasteiger partial charge on any atom is 0.320 e. The van der Waals surface area contributed by atoms with E-state index in [9.17, 15) is 4.79 Å². The molecule has 4 heteroatoms. The fourth-order valence-electron chi connectivity index (χ4n) is 0.777. The average molecular weight is 169 g/mol. The van der Waals surface area contributed by atoms with Crippen molar-refractivity contribution >= 4 is 6.03 Å². The third-order valence-electron chi connectivity index (χ3n) is 1.71. The maximum atomic E-state index is 11.4. The Labute approximate surface area is 73.4 Å². The van der Waals surface area contributed by atoms with E-state index in [-0.39, 0.29) is 12.6 Å². The van der Waals surface area contributed by atoms with Crippen LogP contribution in [0.15, 0.2) is 0 Å². The van der Waals surface area contributed by atoms with E-state index in [1.54, 1.807) is 11.9 Å². The molecule has 0 aliphatic heterocycles. The monoisotopic (exact) mass is 169 g/mol. The van der Waals surface area contributed by atoms with Gasteiger partial charge in [-0.3, -0.25) is 0 Å². The largest absolute Gasteiger partial charge is 0.328 e. The van der Waals surface area contributed by atoms with E-state index in [1.807, 2.05) is 19.9 Å². The molecule has 0 aromatic carbocycles. The van der Waals surface area contributed by atoms with Gasteiger partial charge in [-0.2, -0.15) is 5.26 Å². The molecule has 0 fully saturated rings. The molecule has 0 aliphatic carbocycles. The summed E-state index contributed by atoms with van der Waals surface area (Å²) in [5.41, 5.74) is 0. The molecular weight excluding hydrogens is 154 g/mol. The molecule has 68 valence electrons. The van der Waals surface area contributed by atoms with Gasteiger partial charge in [-0.25, -0.2) is 4.79 Å². The van der Waals surface area contributed by atoms with Crippen molar-refractivity contribution in [2.45, 2.75) is 13.8 Å². The van der Waals surface area contributed by atoms with Crippen molar-refractivity contribution in [2.75, 3.05) is 26.7 Å². The Kier molecular flexibility index (Phi) is 4.86. The summed E-state index contributed by atoms with van der Waals surface area (Å²) in [6, 6.07) is 1.88. The summed E-state index contributed by atoms with van der Waals surface area (Å²) in [4.78, 5) is 14.5. The fourth-order valence-corrected chi connectivity index (χ4v) is 0.777. The van der Waals surface area contributed by atoms with E-state index >= 15 is 0 Å². The molecule has 0 unspecified atom stereocenters. The van der Waals surface area contributed by atoms with E-state index < -0.39 is 0 Å². The Morgan fingerprint density at radius 3 is 2.33 bits per heavy atom. The lowest BCUT2D eigenvalue weighted by atomic mass is 10.5. The molecule has 0 bridgehead atoms. The van der Waals surface area contributed by atoms with E-state index in [0.717, 1.165) is 0 Å². The van der Waals surface area contributed by atoms with Gasteiger partial charge in [0.2, 0.25) is 0 Å². The number of hydrogen-bond donors (Lipinski definition) is 0. The predicted octanol–water partition coefficient (Wildman–Crippen LogP) is 0.904. The highest BCUT2D eigenvalue weighted by atomic mass is 16.2. The molecule has 4 nitrogen and oxygen atoms in total. The van der Waals surface area contributed by atoms with Gasteiger partial charge in [-0.15, -0.1) is 0 Å². The minimum absolute atomic E-state index is 0.0819. The van der Waals surface area contributed by atoms with Crippen molar-refractivity contribution in [3.63, 3.8) is 0 Å². The molecule has 0 saturated carbocycles. The van der Waals surface area contributed by atoms with Crippen molar-refractivity contribution in [3.05, 3.63) is 0 Å². The van der Waals surface area contributed by atoms with E-state index in [1.165, 1.54) is 4.90 Å². The third kappa shape index (κ3) is 2.79.